The number of nitrogens with zero attached hydrogens (tertiary/aromatic N) is 2. The molecule has 1 aromatic carbocycles. The number of carbonyl (C=O) groups excluding carboxylic acids is 1. The summed E-state index contributed by atoms with van der Waals surface area (Å²) in [5.41, 5.74) is 4.89. The van der Waals surface area contributed by atoms with E-state index in [-0.39, 0.29) is 30.7 Å². The Morgan fingerprint density at radius 2 is 1.95 bits per heavy atom. The van der Waals surface area contributed by atoms with Gasteiger partial charge in [-0.3, -0.25) is 9.78 Å². The van der Waals surface area contributed by atoms with E-state index in [1.165, 1.54) is 17.3 Å². The third-order valence-electron chi connectivity index (χ3n) is 3.37. The summed E-state index contributed by atoms with van der Waals surface area (Å²) in [7, 11) is 0. The number of benzene rings is 1. The number of aromatic nitrogens is 2. The second kappa shape index (κ2) is 8.08. The number of hydrogen-bond donors (Lipinski definition) is 2. The molecule has 2 heterocycles. The van der Waals surface area contributed by atoms with E-state index in [2.05, 4.69) is 32.7 Å². The van der Waals surface area contributed by atoms with Crippen LogP contribution in [0.25, 0.3) is 0 Å². The Kier molecular flexibility index (Phi) is 6.74. The van der Waals surface area contributed by atoms with Crippen LogP contribution in [0.5, 0.6) is 0 Å². The first-order chi connectivity index (χ1) is 9.72. The van der Waals surface area contributed by atoms with E-state index in [0.29, 0.717) is 12.2 Å². The van der Waals surface area contributed by atoms with Crippen molar-refractivity contribution in [3.05, 3.63) is 58.7 Å². The lowest BCUT2D eigenvalue weighted by Crippen LogP contribution is -2.24. The minimum absolute atomic E-state index is 0. The highest BCUT2D eigenvalue weighted by Crippen LogP contribution is 2.16. The van der Waals surface area contributed by atoms with Crippen LogP contribution < -0.4 is 10.6 Å². The second-order valence-corrected chi connectivity index (χ2v) is 4.93. The number of nitrogens with one attached hydrogen (secondary N) is 2. The predicted molar refractivity (Wildman–Crippen MR) is 89.4 cm³/mol. The largest absolute Gasteiger partial charge is 0.347 e. The van der Waals surface area contributed by atoms with Crippen LogP contribution in [0, 0.1) is 6.92 Å². The van der Waals surface area contributed by atoms with Crippen LogP contribution in [0.4, 0.5) is 0 Å². The monoisotopic (exact) mass is 340 g/mol. The van der Waals surface area contributed by atoms with Crippen molar-refractivity contribution in [3.63, 3.8) is 0 Å². The molecule has 0 saturated heterocycles. The Morgan fingerprint density at radius 3 is 2.68 bits per heavy atom. The molecule has 0 fully saturated rings. The maximum atomic E-state index is 11.9. The Morgan fingerprint density at radius 1 is 1.18 bits per heavy atom. The Bertz CT molecular complexity index is 646. The fourth-order valence-electron chi connectivity index (χ4n) is 2.24. The number of rotatable bonds is 3. The van der Waals surface area contributed by atoms with Crippen molar-refractivity contribution in [2.24, 2.45) is 0 Å². The van der Waals surface area contributed by atoms with Gasteiger partial charge in [0.15, 0.2) is 0 Å². The molecule has 0 bridgehead atoms. The lowest BCUT2D eigenvalue weighted by atomic mass is 10.1. The zero-order valence-corrected chi connectivity index (χ0v) is 13.8. The van der Waals surface area contributed by atoms with Crippen LogP contribution in [-0.2, 0) is 19.6 Å². The van der Waals surface area contributed by atoms with Gasteiger partial charge in [0.2, 0.25) is 0 Å². The zero-order valence-electron chi connectivity index (χ0n) is 12.1. The van der Waals surface area contributed by atoms with Gasteiger partial charge in [0.05, 0.1) is 11.9 Å². The van der Waals surface area contributed by atoms with Crippen LogP contribution in [0.15, 0.2) is 30.6 Å². The predicted octanol–water partition coefficient (Wildman–Crippen LogP) is 2.16. The van der Waals surface area contributed by atoms with Gasteiger partial charge in [-0.25, -0.2) is 4.98 Å². The molecule has 1 amide bonds. The molecule has 5 nitrogen and oxygen atoms in total. The lowest BCUT2D eigenvalue weighted by Gasteiger charge is -2.06. The van der Waals surface area contributed by atoms with Gasteiger partial charge in [0.25, 0.3) is 5.91 Å². The summed E-state index contributed by atoms with van der Waals surface area (Å²) in [4.78, 5) is 20.1. The third kappa shape index (κ3) is 4.16. The Labute approximate surface area is 141 Å². The van der Waals surface area contributed by atoms with Crippen LogP contribution in [-0.4, -0.2) is 15.9 Å². The summed E-state index contributed by atoms with van der Waals surface area (Å²) in [6.45, 7) is 4.18. The van der Waals surface area contributed by atoms with Gasteiger partial charge in [-0.1, -0.05) is 18.2 Å². The van der Waals surface area contributed by atoms with E-state index < -0.39 is 0 Å². The Hall–Kier alpha value is -1.69. The van der Waals surface area contributed by atoms with E-state index in [9.17, 15) is 4.79 Å². The average Bonchev–Trinajstić information content (AvgIpc) is 2.93. The van der Waals surface area contributed by atoms with Crippen molar-refractivity contribution >= 4 is 30.7 Å². The molecular weight excluding hydrogens is 323 g/mol. The average molecular weight is 341 g/mol. The summed E-state index contributed by atoms with van der Waals surface area (Å²) in [5, 5.41) is 6.17. The first kappa shape index (κ1) is 18.4. The molecule has 0 unspecified atom stereocenters. The van der Waals surface area contributed by atoms with Crippen molar-refractivity contribution in [2.45, 2.75) is 26.6 Å². The molecule has 0 aliphatic carbocycles. The fourth-order valence-corrected chi connectivity index (χ4v) is 2.24. The summed E-state index contributed by atoms with van der Waals surface area (Å²) >= 11 is 0. The van der Waals surface area contributed by atoms with E-state index in [0.717, 1.165) is 24.3 Å². The fraction of sp³-hybridized carbons (Fsp3) is 0.267. The minimum Gasteiger partial charge on any atom is -0.347 e. The van der Waals surface area contributed by atoms with Gasteiger partial charge >= 0.3 is 0 Å². The van der Waals surface area contributed by atoms with E-state index in [1.54, 1.807) is 6.20 Å². The molecule has 0 spiro atoms. The van der Waals surface area contributed by atoms with Crippen LogP contribution in [0.3, 0.4) is 0 Å². The molecular formula is C15H18Cl2N4O. The van der Waals surface area contributed by atoms with Crippen molar-refractivity contribution < 1.29 is 4.79 Å². The summed E-state index contributed by atoms with van der Waals surface area (Å²) < 4.78 is 0. The number of amides is 1. The molecule has 1 aromatic heterocycles. The van der Waals surface area contributed by atoms with Gasteiger partial charge < -0.3 is 10.6 Å². The van der Waals surface area contributed by atoms with E-state index in [4.69, 9.17) is 0 Å². The topological polar surface area (TPSA) is 66.9 Å². The van der Waals surface area contributed by atoms with Crippen LogP contribution >= 0.6 is 24.8 Å². The molecule has 1 aliphatic rings. The number of halogens is 2. The van der Waals surface area contributed by atoms with Crippen molar-refractivity contribution in [1.82, 2.24) is 20.6 Å². The number of hydrogen-bond acceptors (Lipinski definition) is 4. The molecule has 22 heavy (non-hydrogen) atoms. The third-order valence-corrected chi connectivity index (χ3v) is 3.37. The number of carbonyl (C=O) groups is 1. The molecule has 118 valence electrons. The standard InChI is InChI=1S/C15H16N4O.2ClH/c1-10-5-18-14(9-17-10)15(20)19-6-11-2-3-12-7-16-8-13(12)4-11;;/h2-5,9,16H,6-8H2,1H3,(H,19,20);2*1H. The lowest BCUT2D eigenvalue weighted by molar-refractivity contribution is 0.0945. The maximum Gasteiger partial charge on any atom is 0.271 e. The summed E-state index contributed by atoms with van der Waals surface area (Å²) in [6, 6.07) is 6.30. The summed E-state index contributed by atoms with van der Waals surface area (Å²) in [6.07, 6.45) is 3.09. The molecule has 7 heteroatoms. The normalized spacial score (nSPS) is 11.9. The highest BCUT2D eigenvalue weighted by Gasteiger charge is 2.11. The maximum absolute atomic E-state index is 11.9. The first-order valence-corrected chi connectivity index (χ1v) is 6.60. The summed E-state index contributed by atoms with van der Waals surface area (Å²) in [5.74, 6) is -0.198. The molecule has 2 aromatic rings. The quantitative estimate of drug-likeness (QED) is 0.898. The van der Waals surface area contributed by atoms with Crippen molar-refractivity contribution in [3.8, 4) is 0 Å². The highest BCUT2D eigenvalue weighted by molar-refractivity contribution is 5.91. The molecule has 2 N–H and O–H groups in total. The number of fused-ring (bicyclic) bond motifs is 1. The van der Waals surface area contributed by atoms with Gasteiger partial charge in [-0.2, -0.15) is 0 Å². The van der Waals surface area contributed by atoms with Crippen LogP contribution in [0.2, 0.25) is 0 Å². The first-order valence-electron chi connectivity index (χ1n) is 6.60. The minimum atomic E-state index is -0.198. The van der Waals surface area contributed by atoms with E-state index in [1.807, 2.05) is 13.0 Å². The second-order valence-electron chi connectivity index (χ2n) is 4.93. The molecule has 1 aliphatic heterocycles. The molecule has 0 radical (unpaired) electrons. The van der Waals surface area contributed by atoms with Gasteiger partial charge in [-0.15, -0.1) is 24.8 Å². The SMILES string of the molecule is Cc1cnc(C(=O)NCc2ccc3c(c2)CNC3)cn1.Cl.Cl. The van der Waals surface area contributed by atoms with Gasteiger partial charge in [-0.05, 0) is 23.6 Å². The highest BCUT2D eigenvalue weighted by atomic mass is 35.5. The van der Waals surface area contributed by atoms with Crippen molar-refractivity contribution in [2.75, 3.05) is 0 Å². The Balaban J connectivity index is 0.00000121. The molecule has 0 atom stereocenters. The smallest absolute Gasteiger partial charge is 0.271 e. The molecule has 0 saturated carbocycles. The van der Waals surface area contributed by atoms with E-state index >= 15 is 0 Å². The van der Waals surface area contributed by atoms with Gasteiger partial charge in [0, 0.05) is 25.8 Å². The molecule has 3 rings (SSSR count). The van der Waals surface area contributed by atoms with Crippen molar-refractivity contribution in [1.29, 1.82) is 0 Å². The van der Waals surface area contributed by atoms with Gasteiger partial charge in [0.1, 0.15) is 5.69 Å². The van der Waals surface area contributed by atoms with Crippen LogP contribution in [0.1, 0.15) is 32.9 Å². The zero-order chi connectivity index (χ0) is 13.9. The number of aryl methyl sites for hydroxylation is 1.